The Morgan fingerprint density at radius 3 is 2.41 bits per heavy atom. The van der Waals surface area contributed by atoms with Gasteiger partial charge in [-0.05, 0) is 49.1 Å². The molecule has 2 aliphatic heterocycles. The highest BCUT2D eigenvalue weighted by molar-refractivity contribution is 6.07. The quantitative estimate of drug-likeness (QED) is 0.795. The molecule has 3 aliphatic rings. The van der Waals surface area contributed by atoms with Crippen molar-refractivity contribution in [2.24, 2.45) is 11.3 Å². The molecule has 2 heterocycles. The zero-order chi connectivity index (χ0) is 20.8. The number of piperazine rings is 1. The van der Waals surface area contributed by atoms with Gasteiger partial charge in [-0.1, -0.05) is 39.0 Å². The number of carbonyl (C=O) groups excluding carboxylic acids is 2. The van der Waals surface area contributed by atoms with Gasteiger partial charge in [0.05, 0.1) is 6.67 Å². The summed E-state index contributed by atoms with van der Waals surface area (Å²) in [5.74, 6) is 0.407. The van der Waals surface area contributed by atoms with E-state index in [2.05, 4.69) is 67.1 Å². The van der Waals surface area contributed by atoms with Crippen molar-refractivity contribution in [3.63, 3.8) is 0 Å². The van der Waals surface area contributed by atoms with E-state index in [0.717, 1.165) is 45.4 Å². The second-order valence-corrected chi connectivity index (χ2v) is 10.1. The number of nitrogens with zero attached hydrogens (tertiary/aromatic N) is 3. The lowest BCUT2D eigenvalue weighted by atomic mass is 9.64. The van der Waals surface area contributed by atoms with Crippen molar-refractivity contribution in [2.75, 3.05) is 37.7 Å². The number of urea groups is 1. The van der Waals surface area contributed by atoms with Crippen LogP contribution in [0.5, 0.6) is 0 Å². The van der Waals surface area contributed by atoms with Crippen molar-refractivity contribution in [2.45, 2.75) is 52.5 Å². The van der Waals surface area contributed by atoms with Crippen LogP contribution in [0.15, 0.2) is 24.3 Å². The van der Waals surface area contributed by atoms with Gasteiger partial charge in [-0.3, -0.25) is 9.69 Å². The van der Waals surface area contributed by atoms with Gasteiger partial charge in [0, 0.05) is 31.9 Å². The van der Waals surface area contributed by atoms with E-state index in [0.29, 0.717) is 12.6 Å². The topological polar surface area (TPSA) is 55.9 Å². The molecule has 2 saturated heterocycles. The molecule has 1 aromatic rings. The molecule has 6 nitrogen and oxygen atoms in total. The van der Waals surface area contributed by atoms with Crippen LogP contribution in [-0.2, 0) is 4.79 Å². The van der Waals surface area contributed by atoms with Crippen LogP contribution in [-0.4, -0.2) is 60.1 Å². The van der Waals surface area contributed by atoms with Gasteiger partial charge in [-0.25, -0.2) is 9.69 Å². The van der Waals surface area contributed by atoms with Crippen LogP contribution in [0.1, 0.15) is 45.6 Å². The van der Waals surface area contributed by atoms with Crippen molar-refractivity contribution in [3.05, 3.63) is 29.8 Å². The van der Waals surface area contributed by atoms with Gasteiger partial charge in [0.1, 0.15) is 5.54 Å². The summed E-state index contributed by atoms with van der Waals surface area (Å²) in [5.41, 5.74) is 1.92. The molecule has 1 spiro atoms. The van der Waals surface area contributed by atoms with E-state index in [1.165, 1.54) is 16.2 Å². The summed E-state index contributed by atoms with van der Waals surface area (Å²) in [5, 5.41) is 3.09. The highest BCUT2D eigenvalue weighted by Crippen LogP contribution is 2.46. The molecule has 1 N–H and O–H groups in total. The summed E-state index contributed by atoms with van der Waals surface area (Å²) in [4.78, 5) is 32.1. The highest BCUT2D eigenvalue weighted by Gasteiger charge is 2.56. The average Bonchev–Trinajstić information content (AvgIpc) is 2.84. The van der Waals surface area contributed by atoms with Crippen molar-refractivity contribution >= 4 is 17.6 Å². The molecular weight excluding hydrogens is 364 g/mol. The Hall–Kier alpha value is -2.08. The molecule has 2 atom stereocenters. The maximum atomic E-state index is 13.3. The molecule has 3 amide bonds. The minimum Gasteiger partial charge on any atom is -0.369 e. The van der Waals surface area contributed by atoms with E-state index >= 15 is 0 Å². The number of nitrogens with one attached hydrogen (secondary N) is 1. The molecule has 3 fully saturated rings. The Morgan fingerprint density at radius 1 is 1.07 bits per heavy atom. The normalized spacial score (nSPS) is 30.1. The highest BCUT2D eigenvalue weighted by atomic mass is 16.2. The molecule has 1 aliphatic carbocycles. The van der Waals surface area contributed by atoms with Gasteiger partial charge >= 0.3 is 6.03 Å². The molecule has 0 unspecified atom stereocenters. The molecule has 158 valence electrons. The van der Waals surface area contributed by atoms with Gasteiger partial charge in [0.2, 0.25) is 0 Å². The standard InChI is InChI=1S/C23H34N4O2/c1-17-13-22(3,4)15-23(14-17)20(28)27(21(29)24-23)16-25-9-11-26(12-10-25)19-8-6-5-7-18(19)2/h5-8,17H,9-16H2,1-4H3,(H,24,29)/t17-,23-/m1/s1. The van der Waals surface area contributed by atoms with Crippen LogP contribution in [0.3, 0.4) is 0 Å². The fourth-order valence-electron chi connectivity index (χ4n) is 5.88. The first kappa shape index (κ1) is 20.2. The smallest absolute Gasteiger partial charge is 0.326 e. The maximum Gasteiger partial charge on any atom is 0.326 e. The zero-order valence-corrected chi connectivity index (χ0v) is 18.2. The molecular formula is C23H34N4O2. The first-order valence-electron chi connectivity index (χ1n) is 10.9. The van der Waals surface area contributed by atoms with Crippen LogP contribution in [0, 0.1) is 18.3 Å². The van der Waals surface area contributed by atoms with Gasteiger partial charge < -0.3 is 10.2 Å². The summed E-state index contributed by atoms with van der Waals surface area (Å²) in [7, 11) is 0. The number of aryl methyl sites for hydroxylation is 1. The molecule has 0 aromatic heterocycles. The Kier molecular flexibility index (Phi) is 5.09. The zero-order valence-electron chi connectivity index (χ0n) is 18.2. The Balaban J connectivity index is 1.40. The first-order valence-corrected chi connectivity index (χ1v) is 10.9. The molecule has 0 bridgehead atoms. The third-order valence-corrected chi connectivity index (χ3v) is 6.79. The van der Waals surface area contributed by atoms with Crippen LogP contribution in [0.2, 0.25) is 0 Å². The Morgan fingerprint density at radius 2 is 1.76 bits per heavy atom. The van der Waals surface area contributed by atoms with Gasteiger partial charge in [-0.2, -0.15) is 0 Å². The van der Waals surface area contributed by atoms with E-state index in [1.54, 1.807) is 0 Å². The fourth-order valence-corrected chi connectivity index (χ4v) is 5.88. The largest absolute Gasteiger partial charge is 0.369 e. The molecule has 0 radical (unpaired) electrons. The number of carbonyl (C=O) groups is 2. The summed E-state index contributed by atoms with van der Waals surface area (Å²) in [6.07, 6.45) is 2.57. The lowest BCUT2D eigenvalue weighted by Gasteiger charge is -2.44. The van der Waals surface area contributed by atoms with Crippen molar-refractivity contribution in [1.29, 1.82) is 0 Å². The summed E-state index contributed by atoms with van der Waals surface area (Å²) < 4.78 is 0. The van der Waals surface area contributed by atoms with Gasteiger partial charge in [0.25, 0.3) is 5.91 Å². The average molecular weight is 399 g/mol. The second kappa shape index (κ2) is 7.31. The van der Waals surface area contributed by atoms with Crippen molar-refractivity contribution in [1.82, 2.24) is 15.1 Å². The number of benzene rings is 1. The molecule has 1 saturated carbocycles. The van der Waals surface area contributed by atoms with Crippen LogP contribution < -0.4 is 10.2 Å². The molecule has 1 aromatic carbocycles. The maximum absolute atomic E-state index is 13.3. The van der Waals surface area contributed by atoms with E-state index in [1.807, 2.05) is 0 Å². The lowest BCUT2D eigenvalue weighted by molar-refractivity contribution is -0.136. The van der Waals surface area contributed by atoms with Crippen LogP contribution in [0.4, 0.5) is 10.5 Å². The number of hydrogen-bond donors (Lipinski definition) is 1. The van der Waals surface area contributed by atoms with E-state index in [4.69, 9.17) is 0 Å². The molecule has 29 heavy (non-hydrogen) atoms. The third kappa shape index (κ3) is 3.87. The SMILES string of the molecule is Cc1ccccc1N1CCN(CN2C(=O)N[C@@]3(C[C@H](C)CC(C)(C)C3)C2=O)CC1. The number of amides is 3. The van der Waals surface area contributed by atoms with Crippen molar-refractivity contribution in [3.8, 4) is 0 Å². The Labute approximate surface area is 174 Å². The second-order valence-electron chi connectivity index (χ2n) is 10.1. The number of anilines is 1. The Bertz CT molecular complexity index is 800. The number of rotatable bonds is 3. The molecule has 6 heteroatoms. The first-order chi connectivity index (χ1) is 13.7. The summed E-state index contributed by atoms with van der Waals surface area (Å²) in [6.45, 7) is 12.6. The van der Waals surface area contributed by atoms with Gasteiger partial charge in [0.15, 0.2) is 0 Å². The van der Waals surface area contributed by atoms with Crippen molar-refractivity contribution < 1.29 is 9.59 Å². The van der Waals surface area contributed by atoms with Crippen LogP contribution >= 0.6 is 0 Å². The summed E-state index contributed by atoms with van der Waals surface area (Å²) >= 11 is 0. The lowest BCUT2D eigenvalue weighted by Crippen LogP contribution is -2.55. The number of imide groups is 1. The monoisotopic (exact) mass is 398 g/mol. The number of para-hydroxylation sites is 1. The van der Waals surface area contributed by atoms with E-state index in [-0.39, 0.29) is 17.4 Å². The minimum absolute atomic E-state index is 0.0246. The number of hydrogen-bond acceptors (Lipinski definition) is 4. The molecule has 4 rings (SSSR count). The minimum atomic E-state index is -0.707. The predicted octanol–water partition coefficient (Wildman–Crippen LogP) is 3.21. The van der Waals surface area contributed by atoms with E-state index < -0.39 is 5.54 Å². The van der Waals surface area contributed by atoms with Gasteiger partial charge in [-0.15, -0.1) is 0 Å². The predicted molar refractivity (Wildman–Crippen MR) is 115 cm³/mol. The van der Waals surface area contributed by atoms with E-state index in [9.17, 15) is 9.59 Å². The van der Waals surface area contributed by atoms with Crippen LogP contribution in [0.25, 0.3) is 0 Å². The third-order valence-electron chi connectivity index (χ3n) is 6.79. The summed E-state index contributed by atoms with van der Waals surface area (Å²) in [6, 6.07) is 8.23. The fraction of sp³-hybridized carbons (Fsp3) is 0.652.